The van der Waals surface area contributed by atoms with Gasteiger partial charge in [-0.3, -0.25) is 0 Å². The van der Waals surface area contributed by atoms with Crippen LogP contribution in [0.1, 0.15) is 0 Å². The van der Waals surface area contributed by atoms with Crippen LogP contribution >= 0.6 is 0 Å². The van der Waals surface area contributed by atoms with Gasteiger partial charge in [-0.25, -0.2) is 4.39 Å². The van der Waals surface area contributed by atoms with E-state index >= 15 is 0 Å². The normalized spacial score (nSPS) is 11.2. The smallest absolute Gasteiger partial charge is 0.216 e. The molecule has 0 unspecified atom stereocenters. The van der Waals surface area contributed by atoms with Gasteiger partial charge in [-0.2, -0.15) is 9.37 Å². The van der Waals surface area contributed by atoms with E-state index in [1.807, 2.05) is 0 Å². The van der Waals surface area contributed by atoms with Gasteiger partial charge in [0.1, 0.15) is 40.9 Å². The van der Waals surface area contributed by atoms with Crippen molar-refractivity contribution in [1.82, 2.24) is 15.2 Å². The first-order valence-corrected chi connectivity index (χ1v) is 8.57. The van der Waals surface area contributed by atoms with Gasteiger partial charge >= 0.3 is 0 Å². The third-order valence-electron chi connectivity index (χ3n) is 3.77. The quantitative estimate of drug-likeness (QED) is 0.484. The molecular formula is C17H17B3F2N4O2. The minimum atomic E-state index is -0.812. The highest BCUT2D eigenvalue weighted by molar-refractivity contribution is 6.58. The van der Waals surface area contributed by atoms with E-state index in [9.17, 15) is 13.9 Å². The molecule has 0 radical (unpaired) electrons. The van der Waals surface area contributed by atoms with Crippen LogP contribution in [0.3, 0.4) is 0 Å². The fourth-order valence-electron chi connectivity index (χ4n) is 2.59. The zero-order valence-corrected chi connectivity index (χ0v) is 15.9. The van der Waals surface area contributed by atoms with Gasteiger partial charge < -0.3 is 15.2 Å². The van der Waals surface area contributed by atoms with Crippen LogP contribution in [0.25, 0.3) is 22.4 Å². The van der Waals surface area contributed by atoms with Crippen molar-refractivity contribution in [2.24, 2.45) is 0 Å². The molecule has 140 valence electrons. The number of phenolic OH excluding ortho intramolecular Hbond substituents is 1. The van der Waals surface area contributed by atoms with Crippen molar-refractivity contribution in [2.75, 3.05) is 12.4 Å². The second-order valence-corrected chi connectivity index (χ2v) is 7.13. The van der Waals surface area contributed by atoms with E-state index in [1.165, 1.54) is 12.1 Å². The predicted molar refractivity (Wildman–Crippen MR) is 111 cm³/mol. The van der Waals surface area contributed by atoms with E-state index in [-0.39, 0.29) is 28.3 Å². The van der Waals surface area contributed by atoms with Crippen LogP contribution in [-0.2, 0) is 0 Å². The number of nitrogens with zero attached hydrogens (tertiary/aromatic N) is 3. The molecule has 11 heteroatoms. The highest BCUT2D eigenvalue weighted by atomic mass is 19.1. The van der Waals surface area contributed by atoms with E-state index in [4.69, 9.17) is 4.74 Å². The predicted octanol–water partition coefficient (Wildman–Crippen LogP) is 0.120. The first kappa shape index (κ1) is 19.7. The number of pyridine rings is 1. The summed E-state index contributed by atoms with van der Waals surface area (Å²) in [6.45, 7) is 0. The number of aromatic hydroxyl groups is 1. The molecule has 0 atom stereocenters. The molecule has 1 aromatic carbocycles. The fraction of sp³-hybridized carbons (Fsp3) is 0.118. The molecule has 0 bridgehead atoms. The molecule has 2 N–H and O–H groups in total. The fourth-order valence-corrected chi connectivity index (χ4v) is 2.59. The minimum absolute atomic E-state index is 0.0149. The molecule has 3 aromatic rings. The first-order chi connectivity index (χ1) is 13.2. The van der Waals surface area contributed by atoms with Gasteiger partial charge in [-0.05, 0) is 29.8 Å². The molecule has 6 nitrogen and oxygen atoms in total. The summed E-state index contributed by atoms with van der Waals surface area (Å²) in [5.74, 6) is -1.11. The van der Waals surface area contributed by atoms with Crippen LogP contribution in [-0.4, -0.2) is 56.2 Å². The van der Waals surface area contributed by atoms with Crippen molar-refractivity contribution in [1.29, 1.82) is 0 Å². The molecule has 0 saturated heterocycles. The number of hydrogen-bond donors (Lipinski definition) is 2. The van der Waals surface area contributed by atoms with Crippen molar-refractivity contribution >= 4 is 29.4 Å². The molecule has 0 aliphatic rings. The average Bonchev–Trinajstić information content (AvgIpc) is 2.61. The summed E-state index contributed by atoms with van der Waals surface area (Å²) in [7, 11) is 7.07. The van der Waals surface area contributed by atoms with Gasteiger partial charge in [0, 0.05) is 35.6 Å². The summed E-state index contributed by atoms with van der Waals surface area (Å²) >= 11 is 0. The Morgan fingerprint density at radius 3 is 2.39 bits per heavy atom. The summed E-state index contributed by atoms with van der Waals surface area (Å²) in [6.07, 6.45) is 0. The molecule has 3 rings (SSSR count). The molecule has 2 heterocycles. The maximum atomic E-state index is 14.8. The Bertz CT molecular complexity index is 1010. The number of benzene rings is 1. The maximum Gasteiger partial charge on any atom is 0.216 e. The molecule has 0 aliphatic carbocycles. The zero-order valence-electron chi connectivity index (χ0n) is 15.9. The first-order valence-electron chi connectivity index (χ1n) is 8.57. The topological polar surface area (TPSA) is 80.2 Å². The third-order valence-corrected chi connectivity index (χ3v) is 3.77. The number of ether oxygens (including phenoxy) is 1. The third kappa shape index (κ3) is 4.41. The molecule has 0 fully saturated rings. The Morgan fingerprint density at radius 2 is 1.79 bits per heavy atom. The van der Waals surface area contributed by atoms with Gasteiger partial charge in [-0.15, -0.1) is 10.2 Å². The lowest BCUT2D eigenvalue weighted by Crippen LogP contribution is -2.37. The van der Waals surface area contributed by atoms with Crippen LogP contribution in [0, 0.1) is 11.8 Å². The second-order valence-electron chi connectivity index (χ2n) is 7.13. The lowest BCUT2D eigenvalue weighted by atomic mass is 9.52. The van der Waals surface area contributed by atoms with E-state index in [0.717, 1.165) is 12.1 Å². The van der Waals surface area contributed by atoms with Gasteiger partial charge in [-0.1, -0.05) is 0 Å². The monoisotopic (exact) mass is 380 g/mol. The highest BCUT2D eigenvalue weighted by Gasteiger charge is 2.18. The Kier molecular flexibility index (Phi) is 5.26. The molecule has 0 saturated carbocycles. The summed E-state index contributed by atoms with van der Waals surface area (Å²) in [4.78, 5) is 3.68. The number of aromatic nitrogens is 3. The van der Waals surface area contributed by atoms with Crippen LogP contribution in [0.4, 0.5) is 14.6 Å². The van der Waals surface area contributed by atoms with Crippen molar-refractivity contribution in [3.63, 3.8) is 0 Å². The second kappa shape index (κ2) is 7.50. The standard InChI is InChI=1S/C17H17B3F2N4O2/c1-23-15-3-2-12(25-26-15)10-6-11(21)9(7-13(10)27)8-4-14(22)24-16(5-8)28-17(18,19)20/h2-7,27H,18-20H2,1H3,(H,23,26). The molecule has 0 amide bonds. The number of phenols is 1. The molecule has 28 heavy (non-hydrogen) atoms. The Labute approximate surface area is 163 Å². The largest absolute Gasteiger partial charge is 0.507 e. The zero-order chi connectivity index (χ0) is 20.5. The van der Waals surface area contributed by atoms with Gasteiger partial charge in [0.05, 0.1) is 5.69 Å². The van der Waals surface area contributed by atoms with Gasteiger partial charge in [0.15, 0.2) is 0 Å². The average molecular weight is 380 g/mol. The number of nitrogens with one attached hydrogen (secondary N) is 1. The van der Waals surface area contributed by atoms with Crippen molar-refractivity contribution in [2.45, 2.75) is 5.30 Å². The van der Waals surface area contributed by atoms with Crippen molar-refractivity contribution in [3.05, 3.63) is 48.2 Å². The Morgan fingerprint density at radius 1 is 1.04 bits per heavy atom. The van der Waals surface area contributed by atoms with Crippen molar-refractivity contribution in [3.8, 4) is 34.0 Å². The molecular weight excluding hydrogens is 363 g/mol. The van der Waals surface area contributed by atoms with E-state index in [1.54, 1.807) is 42.7 Å². The number of rotatable bonds is 5. The summed E-state index contributed by atoms with van der Waals surface area (Å²) in [5, 5.41) is 20.5. The van der Waals surface area contributed by atoms with Crippen molar-refractivity contribution < 1.29 is 18.6 Å². The minimum Gasteiger partial charge on any atom is -0.507 e. The van der Waals surface area contributed by atoms with Crippen LogP contribution < -0.4 is 10.1 Å². The molecule has 0 spiro atoms. The summed E-state index contributed by atoms with van der Waals surface area (Å²) in [6, 6.07) is 8.11. The molecule has 0 aliphatic heterocycles. The summed E-state index contributed by atoms with van der Waals surface area (Å²) in [5.41, 5.74) is 0.695. The number of anilines is 1. The van der Waals surface area contributed by atoms with E-state index < -0.39 is 17.1 Å². The Hall–Kier alpha value is -3.10. The van der Waals surface area contributed by atoms with Gasteiger partial charge in [0.2, 0.25) is 11.8 Å². The lowest BCUT2D eigenvalue weighted by molar-refractivity contribution is 0.300. The van der Waals surface area contributed by atoms with Crippen LogP contribution in [0.5, 0.6) is 11.6 Å². The Balaban J connectivity index is 2.03. The van der Waals surface area contributed by atoms with Crippen LogP contribution in [0.15, 0.2) is 36.4 Å². The van der Waals surface area contributed by atoms with Gasteiger partial charge in [0.25, 0.3) is 0 Å². The summed E-state index contributed by atoms with van der Waals surface area (Å²) < 4.78 is 34.3. The number of hydrogen-bond acceptors (Lipinski definition) is 6. The van der Waals surface area contributed by atoms with E-state index in [0.29, 0.717) is 11.5 Å². The highest BCUT2D eigenvalue weighted by Crippen LogP contribution is 2.35. The van der Waals surface area contributed by atoms with Crippen LogP contribution in [0.2, 0.25) is 0 Å². The molecule has 2 aromatic heterocycles. The SMILES string of the molecule is BC(B)(B)Oc1cc(-c2cc(O)c(-c3ccc(NC)nn3)cc2F)cc(F)n1. The maximum absolute atomic E-state index is 14.8. The number of halogens is 2. The van der Waals surface area contributed by atoms with E-state index in [2.05, 4.69) is 20.5 Å². The lowest BCUT2D eigenvalue weighted by Gasteiger charge is -2.21.